The maximum atomic E-state index is 12.4. The molecule has 4 aliphatic heterocycles. The van der Waals surface area contributed by atoms with E-state index in [0.717, 1.165) is 131 Å². The number of nitrogens with zero attached hydrogens (tertiary/aromatic N) is 7. The number of hydrogen-bond acceptors (Lipinski definition) is 8. The van der Waals surface area contributed by atoms with Gasteiger partial charge < -0.3 is 24.5 Å². The molecule has 2 fully saturated rings. The number of aromatic carboxylic acids is 1. The highest BCUT2D eigenvalue weighted by molar-refractivity contribution is 5.88. The third-order valence-corrected chi connectivity index (χ3v) is 11.4. The van der Waals surface area contributed by atoms with Gasteiger partial charge in [-0.25, -0.2) is 4.79 Å². The number of hydrogen-bond donors (Lipinski definition) is 1. The molecule has 0 atom stereocenters. The van der Waals surface area contributed by atoms with Crippen molar-refractivity contribution in [1.82, 2.24) is 24.6 Å². The predicted octanol–water partition coefficient (Wildman–Crippen LogP) is 6.23. The molecule has 0 spiro atoms. The zero-order valence-electron chi connectivity index (χ0n) is 29.5. The number of carbonyl (C=O) groups is 2. The third-order valence-electron chi connectivity index (χ3n) is 11.4. The molecule has 0 bridgehead atoms. The minimum Gasteiger partial charge on any atom is -0.478 e. The van der Waals surface area contributed by atoms with E-state index in [9.17, 15) is 14.7 Å². The number of benzene rings is 1. The fourth-order valence-corrected chi connectivity index (χ4v) is 8.38. The van der Waals surface area contributed by atoms with Crippen LogP contribution in [0.3, 0.4) is 0 Å². The molecule has 11 nitrogen and oxygen atoms in total. The van der Waals surface area contributed by atoms with E-state index in [2.05, 4.69) is 32.7 Å². The largest absolute Gasteiger partial charge is 0.478 e. The van der Waals surface area contributed by atoms with Crippen molar-refractivity contribution in [2.24, 2.45) is 5.92 Å². The summed E-state index contributed by atoms with van der Waals surface area (Å²) in [7, 11) is 0. The second kappa shape index (κ2) is 14.5. The van der Waals surface area contributed by atoms with Gasteiger partial charge in [-0.3, -0.25) is 19.4 Å². The van der Waals surface area contributed by atoms with E-state index in [1.165, 1.54) is 16.8 Å². The second-order valence-corrected chi connectivity index (χ2v) is 14.5. The van der Waals surface area contributed by atoms with Crippen molar-refractivity contribution in [2.45, 2.75) is 77.3 Å². The average Bonchev–Trinajstić information content (AvgIpc) is 3.56. The first kappa shape index (κ1) is 33.4. The number of anilines is 3. The summed E-state index contributed by atoms with van der Waals surface area (Å²) in [5.74, 6) is 0.857. The van der Waals surface area contributed by atoms with Gasteiger partial charge in [0, 0.05) is 87.1 Å². The van der Waals surface area contributed by atoms with Crippen molar-refractivity contribution in [1.29, 1.82) is 0 Å². The summed E-state index contributed by atoms with van der Waals surface area (Å²) in [5.41, 5.74) is 9.33. The van der Waals surface area contributed by atoms with Crippen LogP contribution >= 0.6 is 0 Å². The molecular weight excluding hydrogens is 642 g/mol. The average molecular weight is 690 g/mol. The smallest absolute Gasteiger partial charge is 0.335 e. The summed E-state index contributed by atoms with van der Waals surface area (Å²) in [4.78, 5) is 40.1. The minimum atomic E-state index is -0.888. The van der Waals surface area contributed by atoms with Crippen LogP contribution < -0.4 is 9.80 Å². The molecule has 8 rings (SSSR count). The molecule has 51 heavy (non-hydrogen) atoms. The van der Waals surface area contributed by atoms with Crippen LogP contribution in [-0.4, -0.2) is 81.0 Å². The Hall–Kier alpha value is -4.77. The maximum absolute atomic E-state index is 12.4. The third kappa shape index (κ3) is 6.96. The SMILES string of the molecule is CC(=O)N1CCc2c(c(N3CCCc4cc(-c5ccc(CCC6CCN(c7ccc(C(=O)O)cc7)CC6)nc5)ncc43)nn2C2CCOCC2)C1. The molecule has 4 aromatic rings. The topological polar surface area (TPSA) is 117 Å². The lowest BCUT2D eigenvalue weighted by molar-refractivity contribution is -0.129. The lowest BCUT2D eigenvalue weighted by Gasteiger charge is -2.33. The number of ether oxygens (including phenoxy) is 1. The van der Waals surface area contributed by atoms with Gasteiger partial charge in [0.05, 0.1) is 35.7 Å². The van der Waals surface area contributed by atoms with Crippen LogP contribution in [0.1, 0.15) is 84.4 Å². The van der Waals surface area contributed by atoms with Gasteiger partial charge in [-0.15, -0.1) is 0 Å². The Kier molecular flexibility index (Phi) is 9.46. The minimum absolute atomic E-state index is 0.111. The predicted molar refractivity (Wildman–Crippen MR) is 196 cm³/mol. The highest BCUT2D eigenvalue weighted by atomic mass is 16.5. The van der Waals surface area contributed by atoms with E-state index >= 15 is 0 Å². The van der Waals surface area contributed by atoms with E-state index < -0.39 is 5.97 Å². The maximum Gasteiger partial charge on any atom is 0.335 e. The van der Waals surface area contributed by atoms with E-state index in [4.69, 9.17) is 19.8 Å². The summed E-state index contributed by atoms with van der Waals surface area (Å²) in [5, 5.41) is 14.5. The number of carboxylic acids is 1. The number of amides is 1. The summed E-state index contributed by atoms with van der Waals surface area (Å²) < 4.78 is 7.93. The Morgan fingerprint density at radius 3 is 2.45 bits per heavy atom. The zero-order chi connectivity index (χ0) is 34.9. The Labute approximate surface area is 299 Å². The number of carbonyl (C=O) groups excluding carboxylic acids is 1. The number of aryl methyl sites for hydroxylation is 2. The van der Waals surface area contributed by atoms with Crippen LogP contribution in [-0.2, 0) is 35.3 Å². The van der Waals surface area contributed by atoms with Gasteiger partial charge in [0.25, 0.3) is 0 Å². The van der Waals surface area contributed by atoms with Crippen molar-refractivity contribution >= 4 is 29.1 Å². The number of rotatable bonds is 8. The normalized spacial score (nSPS) is 18.4. The number of piperidine rings is 1. The zero-order valence-corrected chi connectivity index (χ0v) is 29.5. The van der Waals surface area contributed by atoms with E-state index in [0.29, 0.717) is 24.1 Å². The fourth-order valence-electron chi connectivity index (χ4n) is 8.38. The van der Waals surface area contributed by atoms with Gasteiger partial charge in [0.1, 0.15) is 0 Å². The molecule has 0 saturated carbocycles. The Morgan fingerprint density at radius 1 is 0.922 bits per heavy atom. The first-order valence-corrected chi connectivity index (χ1v) is 18.6. The van der Waals surface area contributed by atoms with Crippen LogP contribution in [0, 0.1) is 5.92 Å². The lowest BCUT2D eigenvalue weighted by Crippen LogP contribution is -2.36. The first-order valence-electron chi connectivity index (χ1n) is 18.6. The van der Waals surface area contributed by atoms with Crippen LogP contribution in [0.5, 0.6) is 0 Å². The molecule has 4 aliphatic rings. The molecule has 266 valence electrons. The van der Waals surface area contributed by atoms with Gasteiger partial charge in [0.15, 0.2) is 5.82 Å². The number of aromatic nitrogens is 4. The lowest BCUT2D eigenvalue weighted by atomic mass is 9.91. The molecule has 1 aromatic carbocycles. The standard InChI is InChI=1S/C40H47N7O4/c1-27(48)45-20-14-37-35(26-45)39(43-47(37)34-15-21-51-22-16-34)46-17-2-3-30-23-36(42-25-38(30)46)31-5-9-32(41-24-31)8-4-28-12-18-44(19-13-28)33-10-6-29(7-11-33)40(49)50/h5-7,9-11,23-25,28,34H,2-4,8,12-22,26H2,1H3,(H,49,50). The monoisotopic (exact) mass is 689 g/mol. The van der Waals surface area contributed by atoms with Crippen molar-refractivity contribution in [2.75, 3.05) is 49.2 Å². The van der Waals surface area contributed by atoms with Crippen LogP contribution in [0.4, 0.5) is 17.2 Å². The molecule has 1 N–H and O–H groups in total. The van der Waals surface area contributed by atoms with Gasteiger partial charge in [-0.1, -0.05) is 0 Å². The Bertz CT molecular complexity index is 1880. The number of carboxylic acid groups (broad SMARTS) is 1. The Balaban J connectivity index is 0.930. The number of fused-ring (bicyclic) bond motifs is 2. The molecule has 11 heteroatoms. The molecule has 2 saturated heterocycles. The van der Waals surface area contributed by atoms with Crippen molar-refractivity contribution in [3.05, 3.63) is 82.9 Å². The molecule has 7 heterocycles. The summed E-state index contributed by atoms with van der Waals surface area (Å²) in [6.07, 6.45) is 13.1. The van der Waals surface area contributed by atoms with E-state index in [1.807, 2.05) is 29.4 Å². The van der Waals surface area contributed by atoms with Crippen LogP contribution in [0.2, 0.25) is 0 Å². The van der Waals surface area contributed by atoms with Gasteiger partial charge in [0.2, 0.25) is 5.91 Å². The summed E-state index contributed by atoms with van der Waals surface area (Å²) in [6, 6.07) is 14.1. The molecule has 0 radical (unpaired) electrons. The second-order valence-electron chi connectivity index (χ2n) is 14.5. The van der Waals surface area contributed by atoms with Gasteiger partial charge in [-0.2, -0.15) is 5.10 Å². The molecule has 0 aliphatic carbocycles. The first-order chi connectivity index (χ1) is 24.9. The molecule has 0 unspecified atom stereocenters. The highest BCUT2D eigenvalue weighted by Crippen LogP contribution is 2.40. The summed E-state index contributed by atoms with van der Waals surface area (Å²) in [6.45, 7) is 7.37. The van der Waals surface area contributed by atoms with Crippen LogP contribution in [0.15, 0.2) is 54.9 Å². The fraction of sp³-hybridized carbons (Fsp3) is 0.475. The van der Waals surface area contributed by atoms with Crippen molar-refractivity contribution in [3.8, 4) is 11.3 Å². The quantitative estimate of drug-likeness (QED) is 0.230. The molecule has 1 amide bonds. The molecule has 3 aromatic heterocycles. The molecular formula is C40H47N7O4. The summed E-state index contributed by atoms with van der Waals surface area (Å²) >= 11 is 0. The van der Waals surface area contributed by atoms with E-state index in [1.54, 1.807) is 19.1 Å². The highest BCUT2D eigenvalue weighted by Gasteiger charge is 2.33. The Morgan fingerprint density at radius 2 is 1.73 bits per heavy atom. The van der Waals surface area contributed by atoms with Crippen molar-refractivity contribution in [3.63, 3.8) is 0 Å². The van der Waals surface area contributed by atoms with Gasteiger partial charge in [-0.05, 0) is 105 Å². The van der Waals surface area contributed by atoms with E-state index in [-0.39, 0.29) is 5.91 Å². The number of pyridine rings is 2. The van der Waals surface area contributed by atoms with Crippen molar-refractivity contribution < 1.29 is 19.4 Å². The van der Waals surface area contributed by atoms with Gasteiger partial charge >= 0.3 is 5.97 Å². The van der Waals surface area contributed by atoms with Crippen LogP contribution in [0.25, 0.3) is 11.3 Å².